The molecule has 0 atom stereocenters. The topological polar surface area (TPSA) is 57.4 Å². The summed E-state index contributed by atoms with van der Waals surface area (Å²) in [5.74, 6) is 0. The molecular formula is C16H16N4S2Zn. The molecule has 0 aliphatic rings. The van der Waals surface area contributed by atoms with Gasteiger partial charge in [-0.3, -0.25) is 9.97 Å². The number of aromatic amines is 2. The Bertz CT molecular complexity index is 719. The Morgan fingerprint density at radius 2 is 1.04 bits per heavy atom. The van der Waals surface area contributed by atoms with E-state index in [0.717, 1.165) is 22.1 Å². The summed E-state index contributed by atoms with van der Waals surface area (Å²) in [5.41, 5.74) is 3.89. The van der Waals surface area contributed by atoms with Crippen molar-refractivity contribution in [1.82, 2.24) is 19.9 Å². The molecule has 2 aromatic carbocycles. The number of nitrogens with zero attached hydrogens (tertiary/aromatic N) is 2. The van der Waals surface area contributed by atoms with Crippen molar-refractivity contribution in [2.45, 2.75) is 24.2 Å². The molecule has 2 heterocycles. The Kier molecular flexibility index (Phi) is 8.10. The summed E-state index contributed by atoms with van der Waals surface area (Å²) in [7, 11) is 0. The summed E-state index contributed by atoms with van der Waals surface area (Å²) in [4.78, 5) is 14.1. The minimum atomic E-state index is 0. The van der Waals surface area contributed by atoms with Crippen molar-refractivity contribution in [3.63, 3.8) is 0 Å². The van der Waals surface area contributed by atoms with E-state index in [-0.39, 0.29) is 19.5 Å². The molecule has 0 spiro atoms. The van der Waals surface area contributed by atoms with E-state index in [1.54, 1.807) is 0 Å². The molecule has 0 unspecified atom stereocenters. The first-order valence-corrected chi connectivity index (χ1v) is 7.77. The van der Waals surface area contributed by atoms with Gasteiger partial charge in [0.15, 0.2) is 0 Å². The Labute approximate surface area is 159 Å². The number of benzene rings is 2. The molecule has 4 nitrogen and oxygen atoms in total. The second kappa shape index (κ2) is 9.55. The molecule has 2 aromatic heterocycles. The molecule has 0 radical (unpaired) electrons. The molecule has 0 saturated carbocycles. The molecule has 23 heavy (non-hydrogen) atoms. The van der Waals surface area contributed by atoms with Gasteiger partial charge in [-0.15, -0.1) is 0 Å². The van der Waals surface area contributed by atoms with Crippen LogP contribution in [-0.4, -0.2) is 19.9 Å². The third kappa shape index (κ3) is 5.24. The largest absolute Gasteiger partial charge is 2.00 e. The monoisotopic (exact) mass is 392 g/mol. The molecule has 0 fully saturated rings. The van der Waals surface area contributed by atoms with E-state index in [1.807, 2.05) is 62.4 Å². The summed E-state index contributed by atoms with van der Waals surface area (Å²) >= 11 is 9.69. The molecular weight excluding hydrogens is 378 g/mol. The first kappa shape index (κ1) is 19.5. The minimum absolute atomic E-state index is 0. The molecule has 2 N–H and O–H groups in total. The van der Waals surface area contributed by atoms with Crippen LogP contribution in [0.3, 0.4) is 0 Å². The van der Waals surface area contributed by atoms with Crippen molar-refractivity contribution in [3.8, 4) is 0 Å². The Morgan fingerprint density at radius 1 is 0.696 bits per heavy atom. The van der Waals surface area contributed by atoms with Crippen molar-refractivity contribution in [2.24, 2.45) is 0 Å². The van der Waals surface area contributed by atoms with E-state index in [1.165, 1.54) is 0 Å². The van der Waals surface area contributed by atoms with Crippen LogP contribution in [0, 0.1) is 0 Å². The van der Waals surface area contributed by atoms with Crippen molar-refractivity contribution < 1.29 is 19.5 Å². The average Bonchev–Trinajstić information content (AvgIpc) is 3.10. The molecule has 4 rings (SSSR count). The van der Waals surface area contributed by atoms with Gasteiger partial charge in [-0.2, -0.15) is 0 Å². The van der Waals surface area contributed by atoms with E-state index in [0.29, 0.717) is 10.3 Å². The summed E-state index contributed by atoms with van der Waals surface area (Å²) in [5, 5.41) is 1.11. The molecule has 0 saturated heterocycles. The SMILES string of the molecule is CC.[S-]c1nc2ccccc2[nH]1.[S-]c1nc2ccccc2[nH]1.[Zn+2]. The van der Waals surface area contributed by atoms with E-state index in [2.05, 4.69) is 19.9 Å². The molecule has 0 bridgehead atoms. The van der Waals surface area contributed by atoms with Crippen LogP contribution in [-0.2, 0) is 44.7 Å². The van der Waals surface area contributed by atoms with Crippen LogP contribution < -0.4 is 0 Å². The molecule has 4 aromatic rings. The number of nitrogens with one attached hydrogen (secondary N) is 2. The Morgan fingerprint density at radius 3 is 1.39 bits per heavy atom. The summed E-state index contributed by atoms with van der Waals surface area (Å²) in [6.07, 6.45) is 0. The van der Waals surface area contributed by atoms with Gasteiger partial charge in [0.2, 0.25) is 0 Å². The fraction of sp³-hybridized carbons (Fsp3) is 0.125. The zero-order valence-electron chi connectivity index (χ0n) is 13.0. The van der Waals surface area contributed by atoms with Gasteiger partial charge in [0, 0.05) is 0 Å². The molecule has 114 valence electrons. The smallest absolute Gasteiger partial charge is 0.742 e. The van der Waals surface area contributed by atoms with E-state index >= 15 is 0 Å². The zero-order chi connectivity index (χ0) is 15.9. The maximum atomic E-state index is 4.85. The number of H-pyrrole nitrogens is 2. The minimum Gasteiger partial charge on any atom is -0.742 e. The quantitative estimate of drug-likeness (QED) is 0.351. The maximum Gasteiger partial charge on any atom is 2.00 e. The number of rotatable bonds is 0. The zero-order valence-corrected chi connectivity index (χ0v) is 17.6. The number of imidazole rings is 2. The van der Waals surface area contributed by atoms with Crippen molar-refractivity contribution >= 4 is 47.3 Å². The predicted molar refractivity (Wildman–Crippen MR) is 94.8 cm³/mol. The van der Waals surface area contributed by atoms with Gasteiger partial charge in [0.05, 0.1) is 22.1 Å². The van der Waals surface area contributed by atoms with Gasteiger partial charge < -0.3 is 35.2 Å². The van der Waals surface area contributed by atoms with E-state index < -0.39 is 0 Å². The Balaban J connectivity index is 0.000000200. The van der Waals surface area contributed by atoms with Crippen molar-refractivity contribution in [1.29, 1.82) is 0 Å². The fourth-order valence-corrected chi connectivity index (χ4v) is 2.28. The molecule has 0 aliphatic heterocycles. The number of fused-ring (bicyclic) bond motifs is 2. The van der Waals surface area contributed by atoms with Gasteiger partial charge in [-0.05, 0) is 34.6 Å². The van der Waals surface area contributed by atoms with Gasteiger partial charge in [-0.1, -0.05) is 38.1 Å². The summed E-state index contributed by atoms with van der Waals surface area (Å²) in [6.45, 7) is 4.00. The third-order valence-electron chi connectivity index (χ3n) is 2.74. The van der Waals surface area contributed by atoms with E-state index in [9.17, 15) is 0 Å². The average molecular weight is 394 g/mol. The van der Waals surface area contributed by atoms with Crippen molar-refractivity contribution in [2.75, 3.05) is 0 Å². The van der Waals surface area contributed by atoms with Gasteiger partial charge in [0.25, 0.3) is 0 Å². The van der Waals surface area contributed by atoms with Crippen LogP contribution >= 0.6 is 0 Å². The van der Waals surface area contributed by atoms with Crippen LogP contribution in [0.5, 0.6) is 0 Å². The van der Waals surface area contributed by atoms with Crippen LogP contribution in [0.4, 0.5) is 0 Å². The second-order valence-electron chi connectivity index (χ2n) is 4.12. The van der Waals surface area contributed by atoms with Crippen LogP contribution in [0.2, 0.25) is 0 Å². The number of hydrogen-bond donors (Lipinski definition) is 2. The fourth-order valence-electron chi connectivity index (χ4n) is 1.86. The van der Waals surface area contributed by atoms with Crippen LogP contribution in [0.15, 0.2) is 58.8 Å². The van der Waals surface area contributed by atoms with E-state index in [4.69, 9.17) is 25.3 Å². The Hall–Kier alpha value is -1.56. The first-order valence-electron chi connectivity index (χ1n) is 6.96. The second-order valence-corrected chi connectivity index (χ2v) is 4.89. The van der Waals surface area contributed by atoms with Gasteiger partial charge in [0.1, 0.15) is 0 Å². The predicted octanol–water partition coefficient (Wildman–Crippen LogP) is 3.96. The standard InChI is InChI=1S/2C7H6N2S.C2H6.Zn/c2*10-7-8-5-3-1-2-4-6(5)9-7;1-2;/h2*1-4H,(H2,8,9,10);1-2H3;/q;;;+2/p-2. The number of hydrogen-bond acceptors (Lipinski definition) is 4. The summed E-state index contributed by atoms with van der Waals surface area (Å²) in [6, 6.07) is 15.6. The van der Waals surface area contributed by atoms with Crippen molar-refractivity contribution in [3.05, 3.63) is 48.5 Å². The molecule has 7 heteroatoms. The van der Waals surface area contributed by atoms with Gasteiger partial charge >= 0.3 is 19.5 Å². The third-order valence-corrected chi connectivity index (χ3v) is 3.12. The van der Waals surface area contributed by atoms with Crippen LogP contribution in [0.25, 0.3) is 22.1 Å². The normalized spacial score (nSPS) is 9.30. The number of aromatic nitrogens is 4. The maximum absolute atomic E-state index is 4.85. The summed E-state index contributed by atoms with van der Waals surface area (Å²) < 4.78 is 0. The number of para-hydroxylation sites is 4. The molecule has 0 aliphatic carbocycles. The van der Waals surface area contributed by atoms with Crippen LogP contribution in [0.1, 0.15) is 13.8 Å². The van der Waals surface area contributed by atoms with Gasteiger partial charge in [-0.25, -0.2) is 0 Å². The first-order chi connectivity index (χ1) is 10.7. The molecule has 0 amide bonds.